The molecule has 5 heterocycles. The van der Waals surface area contributed by atoms with Gasteiger partial charge in [-0.2, -0.15) is 5.10 Å². The SMILES string of the molecule is CN(C)CCOc1cc(F)cc(-c2nccc3[nH]c(-c4n[nH]c5ncc(-c6cncc(NC(=O)CN(C)C)c6)cc45)nc23)c1. The summed E-state index contributed by atoms with van der Waals surface area (Å²) in [6, 6.07) is 10.1. The number of anilines is 1. The number of nitrogens with zero attached hydrogens (tertiary/aromatic N) is 7. The summed E-state index contributed by atoms with van der Waals surface area (Å²) in [6.45, 7) is 1.38. The minimum atomic E-state index is -0.426. The smallest absolute Gasteiger partial charge is 0.238 e. The molecule has 6 aromatic rings. The van der Waals surface area contributed by atoms with Gasteiger partial charge >= 0.3 is 0 Å². The van der Waals surface area contributed by atoms with E-state index in [1.54, 1.807) is 35.8 Å². The van der Waals surface area contributed by atoms with Crippen LogP contribution in [0.5, 0.6) is 5.75 Å². The van der Waals surface area contributed by atoms with E-state index in [4.69, 9.17) is 9.72 Å². The quantitative estimate of drug-likeness (QED) is 0.213. The van der Waals surface area contributed by atoms with Crippen molar-refractivity contribution >= 4 is 33.7 Å². The Hall–Kier alpha value is -5.27. The second-order valence-electron chi connectivity index (χ2n) is 10.9. The van der Waals surface area contributed by atoms with E-state index in [9.17, 15) is 9.18 Å². The van der Waals surface area contributed by atoms with Crippen molar-refractivity contribution in [3.05, 3.63) is 67.0 Å². The summed E-state index contributed by atoms with van der Waals surface area (Å²) in [5.74, 6) is 0.361. The van der Waals surface area contributed by atoms with E-state index in [-0.39, 0.29) is 12.5 Å². The Morgan fingerprint density at radius 3 is 2.61 bits per heavy atom. The van der Waals surface area contributed by atoms with Gasteiger partial charge in [-0.25, -0.2) is 14.4 Å². The molecular weight excluding hydrogens is 563 g/mol. The van der Waals surface area contributed by atoms with E-state index in [0.29, 0.717) is 58.5 Å². The van der Waals surface area contributed by atoms with Crippen molar-refractivity contribution < 1.29 is 13.9 Å². The van der Waals surface area contributed by atoms with Crippen LogP contribution in [0.1, 0.15) is 0 Å². The molecule has 1 amide bonds. The highest BCUT2D eigenvalue weighted by Gasteiger charge is 2.18. The summed E-state index contributed by atoms with van der Waals surface area (Å²) < 4.78 is 20.4. The van der Waals surface area contributed by atoms with Gasteiger partial charge in [0.15, 0.2) is 11.5 Å². The van der Waals surface area contributed by atoms with Gasteiger partial charge in [-0.3, -0.25) is 19.9 Å². The minimum absolute atomic E-state index is 0.135. The van der Waals surface area contributed by atoms with Crippen LogP contribution >= 0.6 is 0 Å². The molecule has 0 unspecified atom stereocenters. The number of carbonyl (C=O) groups is 1. The maximum absolute atomic E-state index is 14.6. The van der Waals surface area contributed by atoms with Gasteiger partial charge in [0.1, 0.15) is 29.4 Å². The number of carbonyl (C=O) groups excluding carboxylic acids is 1. The molecule has 0 fully saturated rings. The van der Waals surface area contributed by atoms with Gasteiger partial charge in [-0.05, 0) is 58.5 Å². The first-order chi connectivity index (χ1) is 21.2. The standard InChI is InChI=1S/C31H31FN10O2/c1-41(2)7-8-44-23-11-18(9-21(32)13-23)27-29-25(5-6-34-27)37-31(38-29)28-24-12-20(15-35-30(24)40-39-28)19-10-22(16-33-14-19)36-26(43)17-42(3)4/h5-6,9-16H,7-8,17H2,1-4H3,(H,36,43)(H,37,38)(H,35,39,40). The van der Waals surface area contributed by atoms with Crippen LogP contribution in [0.2, 0.25) is 0 Å². The molecule has 0 aliphatic rings. The van der Waals surface area contributed by atoms with Crippen molar-refractivity contribution in [3.8, 4) is 39.7 Å². The first kappa shape index (κ1) is 28.8. The summed E-state index contributed by atoms with van der Waals surface area (Å²) in [4.78, 5) is 37.6. The number of amides is 1. The summed E-state index contributed by atoms with van der Waals surface area (Å²) in [5, 5.41) is 11.1. The lowest BCUT2D eigenvalue weighted by Gasteiger charge is -2.12. The number of halogens is 1. The third-order valence-corrected chi connectivity index (χ3v) is 6.81. The predicted molar refractivity (Wildman–Crippen MR) is 167 cm³/mol. The van der Waals surface area contributed by atoms with Crippen LogP contribution in [0, 0.1) is 5.82 Å². The number of nitrogens with one attached hydrogen (secondary N) is 3. The molecule has 0 spiro atoms. The Morgan fingerprint density at radius 2 is 1.80 bits per heavy atom. The van der Waals surface area contributed by atoms with Gasteiger partial charge in [0.25, 0.3) is 0 Å². The van der Waals surface area contributed by atoms with Crippen molar-refractivity contribution in [2.75, 3.05) is 53.2 Å². The average molecular weight is 595 g/mol. The zero-order chi connectivity index (χ0) is 30.8. The number of hydrogen-bond acceptors (Lipinski definition) is 9. The zero-order valence-corrected chi connectivity index (χ0v) is 24.7. The molecule has 0 aliphatic carbocycles. The molecular formula is C31H31FN10O2. The second-order valence-corrected chi connectivity index (χ2v) is 10.9. The van der Waals surface area contributed by atoms with Crippen molar-refractivity contribution in [1.29, 1.82) is 0 Å². The number of hydrogen-bond donors (Lipinski definition) is 3. The fourth-order valence-corrected chi connectivity index (χ4v) is 4.78. The van der Waals surface area contributed by atoms with Crippen molar-refractivity contribution in [1.82, 2.24) is 44.9 Å². The van der Waals surface area contributed by atoms with E-state index in [0.717, 1.165) is 22.0 Å². The van der Waals surface area contributed by atoms with Crippen molar-refractivity contribution in [3.63, 3.8) is 0 Å². The molecule has 44 heavy (non-hydrogen) atoms. The molecule has 0 bridgehead atoms. The fourth-order valence-electron chi connectivity index (χ4n) is 4.78. The molecule has 0 saturated heterocycles. The highest BCUT2D eigenvalue weighted by atomic mass is 19.1. The van der Waals surface area contributed by atoms with Crippen LogP contribution < -0.4 is 10.1 Å². The highest BCUT2D eigenvalue weighted by molar-refractivity contribution is 5.97. The average Bonchev–Trinajstić information content (AvgIpc) is 3.60. The molecule has 0 saturated carbocycles. The van der Waals surface area contributed by atoms with Crippen LogP contribution in [0.25, 0.3) is 56.0 Å². The monoisotopic (exact) mass is 594 g/mol. The van der Waals surface area contributed by atoms with Gasteiger partial charge < -0.3 is 24.8 Å². The normalized spacial score (nSPS) is 11.6. The lowest BCUT2D eigenvalue weighted by atomic mass is 10.1. The topological polar surface area (TPSA) is 141 Å². The number of benzene rings is 1. The number of ether oxygens (including phenoxy) is 1. The first-order valence-electron chi connectivity index (χ1n) is 13.9. The molecule has 5 aromatic heterocycles. The second kappa shape index (κ2) is 12.1. The summed E-state index contributed by atoms with van der Waals surface area (Å²) in [5.41, 5.74) is 5.64. The number of fused-ring (bicyclic) bond motifs is 2. The van der Waals surface area contributed by atoms with E-state index in [2.05, 4.69) is 35.5 Å². The van der Waals surface area contributed by atoms with Crippen molar-refractivity contribution in [2.45, 2.75) is 0 Å². The Kier molecular flexibility index (Phi) is 7.96. The molecule has 0 radical (unpaired) electrons. The van der Waals surface area contributed by atoms with Gasteiger partial charge in [0, 0.05) is 47.9 Å². The van der Waals surface area contributed by atoms with Gasteiger partial charge in [-0.1, -0.05) is 0 Å². The molecule has 13 heteroatoms. The van der Waals surface area contributed by atoms with Crippen LogP contribution in [-0.4, -0.2) is 98.7 Å². The highest BCUT2D eigenvalue weighted by Crippen LogP contribution is 2.33. The van der Waals surface area contributed by atoms with Crippen LogP contribution in [-0.2, 0) is 4.79 Å². The number of aromatic amines is 2. The Balaban J connectivity index is 1.33. The molecule has 6 rings (SSSR count). The summed E-state index contributed by atoms with van der Waals surface area (Å²) in [7, 11) is 7.56. The van der Waals surface area contributed by atoms with E-state index < -0.39 is 5.82 Å². The number of H-pyrrole nitrogens is 2. The minimum Gasteiger partial charge on any atom is -0.492 e. The van der Waals surface area contributed by atoms with Crippen molar-refractivity contribution in [2.24, 2.45) is 0 Å². The molecule has 224 valence electrons. The number of rotatable bonds is 10. The summed E-state index contributed by atoms with van der Waals surface area (Å²) >= 11 is 0. The summed E-state index contributed by atoms with van der Waals surface area (Å²) in [6.07, 6.45) is 6.68. The molecule has 1 aromatic carbocycles. The Bertz CT molecular complexity index is 1970. The fraction of sp³-hybridized carbons (Fsp3) is 0.226. The van der Waals surface area contributed by atoms with Gasteiger partial charge in [-0.15, -0.1) is 0 Å². The molecule has 3 N–H and O–H groups in total. The predicted octanol–water partition coefficient (Wildman–Crippen LogP) is 4.20. The largest absolute Gasteiger partial charge is 0.492 e. The van der Waals surface area contributed by atoms with E-state index in [1.807, 2.05) is 51.3 Å². The number of aromatic nitrogens is 7. The Morgan fingerprint density at radius 1 is 0.955 bits per heavy atom. The Labute approximate surface area is 252 Å². The van der Waals surface area contributed by atoms with Gasteiger partial charge in [0.2, 0.25) is 5.91 Å². The molecule has 12 nitrogen and oxygen atoms in total. The van der Waals surface area contributed by atoms with Crippen LogP contribution in [0.15, 0.2) is 61.2 Å². The van der Waals surface area contributed by atoms with Gasteiger partial charge in [0.05, 0.1) is 35.0 Å². The molecule has 0 atom stereocenters. The van der Waals surface area contributed by atoms with E-state index >= 15 is 0 Å². The molecule has 0 aliphatic heterocycles. The lowest BCUT2D eigenvalue weighted by Crippen LogP contribution is -2.27. The first-order valence-corrected chi connectivity index (χ1v) is 13.9. The number of imidazole rings is 1. The maximum Gasteiger partial charge on any atom is 0.238 e. The third-order valence-electron chi connectivity index (χ3n) is 6.81. The number of pyridine rings is 3. The number of likely N-dealkylation sites (N-methyl/N-ethyl adjacent to an activating group) is 2. The van der Waals surface area contributed by atoms with Crippen LogP contribution in [0.3, 0.4) is 0 Å². The maximum atomic E-state index is 14.6. The van der Waals surface area contributed by atoms with E-state index in [1.165, 1.54) is 12.1 Å². The zero-order valence-electron chi connectivity index (χ0n) is 24.7. The lowest BCUT2D eigenvalue weighted by molar-refractivity contribution is -0.116. The van der Waals surface area contributed by atoms with Crippen LogP contribution in [0.4, 0.5) is 10.1 Å². The third kappa shape index (κ3) is 6.23.